The minimum Gasteiger partial charge on any atom is -0.462 e. The first-order valence-electron chi connectivity index (χ1n) is 38.0. The lowest BCUT2D eigenvalue weighted by molar-refractivity contribution is -0.161. The summed E-state index contributed by atoms with van der Waals surface area (Å²) in [4.78, 5) is 72.7. The van der Waals surface area contributed by atoms with Crippen molar-refractivity contribution in [2.45, 2.75) is 380 Å². The molecule has 0 aromatic carbocycles. The molecule has 0 aliphatic heterocycles. The lowest BCUT2D eigenvalue weighted by Crippen LogP contribution is -2.30. The highest BCUT2D eigenvalue weighted by molar-refractivity contribution is 7.47. The van der Waals surface area contributed by atoms with Gasteiger partial charge in [0.15, 0.2) is 12.2 Å². The number of unbranched alkanes of at least 4 members (excludes halogenated alkanes) is 40. The van der Waals surface area contributed by atoms with Gasteiger partial charge < -0.3 is 33.8 Å². The molecule has 0 radical (unpaired) electrons. The maximum atomic E-state index is 13.1. The molecule has 17 nitrogen and oxygen atoms in total. The molecule has 3 unspecified atom stereocenters. The highest BCUT2D eigenvalue weighted by atomic mass is 31.2. The van der Waals surface area contributed by atoms with Crippen molar-refractivity contribution < 1.29 is 80.2 Å². The Bertz CT molecular complexity index is 1880. The zero-order valence-corrected chi connectivity index (χ0v) is 61.7. The Morgan fingerprint density at radius 2 is 0.602 bits per heavy atom. The number of ether oxygens (including phenoxy) is 4. The average Bonchev–Trinajstić information content (AvgIpc) is 2.30. The summed E-state index contributed by atoms with van der Waals surface area (Å²) >= 11 is 0. The number of hydrogen-bond acceptors (Lipinski definition) is 15. The summed E-state index contributed by atoms with van der Waals surface area (Å²) in [5, 5.41) is 10.6. The van der Waals surface area contributed by atoms with Crippen LogP contribution in [0.5, 0.6) is 0 Å². The van der Waals surface area contributed by atoms with Crippen LogP contribution in [-0.4, -0.2) is 96.7 Å². The molecule has 0 heterocycles. The number of hydrogen-bond donors (Lipinski definition) is 3. The third-order valence-electron chi connectivity index (χ3n) is 17.0. The number of phosphoric ester groups is 2. The number of carbonyl (C=O) groups is 4. The van der Waals surface area contributed by atoms with Gasteiger partial charge >= 0.3 is 39.5 Å². The van der Waals surface area contributed by atoms with Gasteiger partial charge in [-0.25, -0.2) is 9.13 Å². The van der Waals surface area contributed by atoms with E-state index in [1.807, 2.05) is 0 Å². The van der Waals surface area contributed by atoms with Crippen LogP contribution < -0.4 is 0 Å². The van der Waals surface area contributed by atoms with Crippen molar-refractivity contribution in [3.8, 4) is 0 Å². The van der Waals surface area contributed by atoms with Crippen molar-refractivity contribution in [1.82, 2.24) is 0 Å². The number of allylic oxidation sites excluding steroid dienone is 4. The molecule has 0 aliphatic rings. The average molecular weight is 1360 g/mol. The summed E-state index contributed by atoms with van der Waals surface area (Å²) in [6.07, 6.45) is 57.6. The lowest BCUT2D eigenvalue weighted by Gasteiger charge is -2.21. The highest BCUT2D eigenvalue weighted by Gasteiger charge is 2.30. The van der Waals surface area contributed by atoms with E-state index in [-0.39, 0.29) is 25.7 Å². The first-order chi connectivity index (χ1) is 45.1. The number of esters is 4. The SMILES string of the molecule is CCCCCC/C=C\C=C/CCCCCCCC(=O)OC[C@H](COP(=O)(O)OC[C@@H](O)COP(=O)(O)OC[C@@H](COC(=O)CCCCCCCCC(C)CC)OC(=O)CCCCCCCCCCCCC)OC(=O)CCCCCCCCCCCCCCCCCCC. The molecule has 0 bridgehead atoms. The highest BCUT2D eigenvalue weighted by Crippen LogP contribution is 2.45. The molecule has 0 saturated carbocycles. The van der Waals surface area contributed by atoms with Crippen molar-refractivity contribution >= 4 is 39.5 Å². The van der Waals surface area contributed by atoms with Gasteiger partial charge in [-0.05, 0) is 57.3 Å². The minimum absolute atomic E-state index is 0.102. The van der Waals surface area contributed by atoms with E-state index in [0.29, 0.717) is 25.7 Å². The summed E-state index contributed by atoms with van der Waals surface area (Å²) < 4.78 is 68.4. The van der Waals surface area contributed by atoms with Crippen molar-refractivity contribution in [1.29, 1.82) is 0 Å². The molecule has 6 atom stereocenters. The number of aliphatic hydroxyl groups is 1. The van der Waals surface area contributed by atoms with Crippen molar-refractivity contribution in [2.24, 2.45) is 5.92 Å². The van der Waals surface area contributed by atoms with Crippen LogP contribution in [-0.2, 0) is 65.4 Å². The molecule has 0 amide bonds. The lowest BCUT2D eigenvalue weighted by atomic mass is 10.00. The third kappa shape index (κ3) is 66.6. The second-order valence-electron chi connectivity index (χ2n) is 26.2. The first kappa shape index (κ1) is 90.5. The quantitative estimate of drug-likeness (QED) is 0.0169. The van der Waals surface area contributed by atoms with Crippen LogP contribution in [0.3, 0.4) is 0 Å². The summed E-state index contributed by atoms with van der Waals surface area (Å²) in [5.74, 6) is -1.42. The molecular weight excluding hydrogens is 1220 g/mol. The predicted molar refractivity (Wildman–Crippen MR) is 377 cm³/mol. The van der Waals surface area contributed by atoms with Crippen LogP contribution in [0.15, 0.2) is 24.3 Å². The number of rotatable bonds is 72. The second-order valence-corrected chi connectivity index (χ2v) is 29.1. The maximum absolute atomic E-state index is 13.1. The molecule has 0 rings (SSSR count). The van der Waals surface area contributed by atoms with Crippen molar-refractivity contribution in [2.75, 3.05) is 39.6 Å². The monoisotopic (exact) mass is 1360 g/mol. The molecule has 0 saturated heterocycles. The van der Waals surface area contributed by atoms with Gasteiger partial charge in [0.05, 0.1) is 26.4 Å². The van der Waals surface area contributed by atoms with Gasteiger partial charge in [0.1, 0.15) is 19.3 Å². The number of aliphatic hydroxyl groups excluding tert-OH is 1. The molecule has 548 valence electrons. The molecule has 93 heavy (non-hydrogen) atoms. The summed E-state index contributed by atoms with van der Waals surface area (Å²) in [6, 6.07) is 0. The molecule has 19 heteroatoms. The van der Waals surface area contributed by atoms with Crippen LogP contribution in [0.2, 0.25) is 0 Å². The Hall–Kier alpha value is -2.46. The molecular formula is C74H140O17P2. The Labute approximate surface area is 567 Å². The van der Waals surface area contributed by atoms with E-state index in [9.17, 15) is 43.2 Å². The molecule has 0 fully saturated rings. The van der Waals surface area contributed by atoms with E-state index in [4.69, 9.17) is 37.0 Å². The Morgan fingerprint density at radius 1 is 0.344 bits per heavy atom. The van der Waals surface area contributed by atoms with Crippen molar-refractivity contribution in [3.63, 3.8) is 0 Å². The van der Waals surface area contributed by atoms with Gasteiger partial charge in [0.2, 0.25) is 0 Å². The van der Waals surface area contributed by atoms with Crippen LogP contribution in [0, 0.1) is 5.92 Å². The standard InChI is InChI=1S/C74H140O17P2/c1-6-10-13-16-19-22-25-27-29-30-32-34-37-40-43-50-55-60-74(79)90-69(63-84-71(76)57-52-47-41-38-36-33-31-28-26-23-20-17-14-11-7-2)65-88-92(80,81)86-61-68(75)62-87-93(82,83)89-66-70(64-85-72(77)58-53-48-45-44-46-51-56-67(5)9-4)91-73(78)59-54-49-42-39-35-24-21-18-15-12-8-3/h23,26,28,31,67-70,75H,6-22,24-25,27,29-30,32-66H2,1-5H3,(H,80,81)(H,82,83)/b26-23-,31-28-/t67?,68-,69-,70-/m1/s1. The van der Waals surface area contributed by atoms with Crippen LogP contribution >= 0.6 is 15.6 Å². The van der Waals surface area contributed by atoms with E-state index in [1.165, 1.54) is 161 Å². The maximum Gasteiger partial charge on any atom is 0.472 e. The van der Waals surface area contributed by atoms with Gasteiger partial charge in [-0.2, -0.15) is 0 Å². The number of carbonyl (C=O) groups excluding carboxylic acids is 4. The topological polar surface area (TPSA) is 237 Å². The van der Waals surface area contributed by atoms with Gasteiger partial charge in [-0.3, -0.25) is 37.3 Å². The van der Waals surface area contributed by atoms with Gasteiger partial charge in [0, 0.05) is 25.7 Å². The zero-order valence-electron chi connectivity index (χ0n) is 59.9. The van der Waals surface area contributed by atoms with Crippen molar-refractivity contribution in [3.05, 3.63) is 24.3 Å². The van der Waals surface area contributed by atoms with Gasteiger partial charge in [-0.15, -0.1) is 0 Å². The second kappa shape index (κ2) is 66.8. The fraction of sp³-hybridized carbons (Fsp3) is 0.892. The van der Waals surface area contributed by atoms with E-state index in [2.05, 4.69) is 58.9 Å². The molecule has 0 aliphatic carbocycles. The van der Waals surface area contributed by atoms with E-state index >= 15 is 0 Å². The largest absolute Gasteiger partial charge is 0.472 e. The van der Waals surface area contributed by atoms with Crippen LogP contribution in [0.25, 0.3) is 0 Å². The van der Waals surface area contributed by atoms with E-state index in [0.717, 1.165) is 121 Å². The van der Waals surface area contributed by atoms with E-state index in [1.54, 1.807) is 0 Å². The summed E-state index contributed by atoms with van der Waals surface area (Å²) in [7, 11) is -9.92. The molecule has 0 spiro atoms. The fourth-order valence-electron chi connectivity index (χ4n) is 10.8. The van der Waals surface area contributed by atoms with Gasteiger partial charge in [-0.1, -0.05) is 309 Å². The summed E-state index contributed by atoms with van der Waals surface area (Å²) in [6.45, 7) is 7.17. The predicted octanol–water partition coefficient (Wildman–Crippen LogP) is 21.2. The Morgan fingerprint density at radius 3 is 0.914 bits per heavy atom. The molecule has 3 N–H and O–H groups in total. The first-order valence-corrected chi connectivity index (χ1v) is 41.0. The van der Waals surface area contributed by atoms with Crippen LogP contribution in [0.4, 0.5) is 0 Å². The smallest absolute Gasteiger partial charge is 0.462 e. The van der Waals surface area contributed by atoms with Crippen LogP contribution in [0.1, 0.15) is 362 Å². The summed E-state index contributed by atoms with van der Waals surface area (Å²) in [5.41, 5.74) is 0. The Balaban J connectivity index is 5.27. The Kier molecular flexibility index (Phi) is 65.0. The molecule has 0 aromatic heterocycles. The normalized spacial score (nSPS) is 14.5. The van der Waals surface area contributed by atoms with Gasteiger partial charge in [0.25, 0.3) is 0 Å². The fourth-order valence-corrected chi connectivity index (χ4v) is 12.4. The minimum atomic E-state index is -4.96. The molecule has 0 aromatic rings. The zero-order chi connectivity index (χ0) is 68.4. The third-order valence-corrected chi connectivity index (χ3v) is 18.9. The van der Waals surface area contributed by atoms with E-state index < -0.39 is 97.5 Å². The number of phosphoric acid groups is 2.